The smallest absolute Gasteiger partial charge is 0.0935 e. The third-order valence-corrected chi connectivity index (χ3v) is 6.56. The molecule has 0 aliphatic heterocycles. The summed E-state index contributed by atoms with van der Waals surface area (Å²) in [7, 11) is 0. The summed E-state index contributed by atoms with van der Waals surface area (Å²) in [6.07, 6.45) is 7.78. The van der Waals surface area contributed by atoms with Crippen LogP contribution in [0.4, 0.5) is 5.69 Å². The van der Waals surface area contributed by atoms with Gasteiger partial charge in [0.2, 0.25) is 0 Å². The molecule has 1 N–H and O–H groups in total. The number of hydrazone groups is 1. The quantitative estimate of drug-likeness (QED) is 0.292. The number of hydrogen-bond acceptors (Lipinski definition) is 3. The molecule has 0 spiro atoms. The zero-order chi connectivity index (χ0) is 19.2. The van der Waals surface area contributed by atoms with Crippen molar-refractivity contribution < 1.29 is 0 Å². The van der Waals surface area contributed by atoms with Crippen LogP contribution in [0.3, 0.4) is 0 Å². The second kappa shape index (κ2) is 9.85. The number of rotatable bonds is 4. The molecule has 2 nitrogen and oxygen atoms in total. The Morgan fingerprint density at radius 1 is 1.15 bits per heavy atom. The molecule has 1 aliphatic carbocycles. The van der Waals surface area contributed by atoms with E-state index in [0.717, 1.165) is 27.8 Å². The Morgan fingerprint density at radius 3 is 2.56 bits per heavy atom. The van der Waals surface area contributed by atoms with Crippen LogP contribution in [0.15, 0.2) is 29.4 Å². The van der Waals surface area contributed by atoms with Crippen molar-refractivity contribution in [1.82, 2.24) is 0 Å². The average Bonchev–Trinajstić information content (AvgIpc) is 3.10. The van der Waals surface area contributed by atoms with E-state index in [2.05, 4.69) is 28.4 Å². The van der Waals surface area contributed by atoms with E-state index in [1.54, 1.807) is 23.5 Å². The fraction of sp³-hybridized carbons (Fsp3) is 0.381. The maximum atomic E-state index is 6.17. The lowest BCUT2D eigenvalue weighted by Gasteiger charge is -2.18. The summed E-state index contributed by atoms with van der Waals surface area (Å²) < 4.78 is 0. The van der Waals surface area contributed by atoms with Gasteiger partial charge in [0.05, 0.1) is 31.2 Å². The molecule has 1 aliphatic rings. The molecular weight excluding hydrogens is 419 g/mol. The van der Waals surface area contributed by atoms with Gasteiger partial charge in [-0.2, -0.15) is 5.10 Å². The first-order valence-electron chi connectivity index (χ1n) is 9.07. The monoisotopic (exact) mass is 438 g/mol. The van der Waals surface area contributed by atoms with Gasteiger partial charge in [-0.1, -0.05) is 65.9 Å². The Bertz CT molecular complexity index is 863. The normalized spacial score (nSPS) is 15.3. The van der Waals surface area contributed by atoms with Crippen molar-refractivity contribution in [2.75, 3.05) is 5.43 Å². The van der Waals surface area contributed by atoms with Crippen LogP contribution >= 0.6 is 46.1 Å². The molecular formula is C21H21Cl3N2S. The molecule has 3 rings (SSSR count). The fourth-order valence-corrected chi connectivity index (χ4v) is 4.84. The van der Waals surface area contributed by atoms with E-state index >= 15 is 0 Å². The van der Waals surface area contributed by atoms with Crippen molar-refractivity contribution in [1.29, 1.82) is 0 Å². The highest BCUT2D eigenvalue weighted by Gasteiger charge is 2.11. The number of hydrogen-bond donors (Lipinski definition) is 1. The Labute approximate surface area is 179 Å². The summed E-state index contributed by atoms with van der Waals surface area (Å²) in [6, 6.07) is 7.36. The van der Waals surface area contributed by atoms with Crippen molar-refractivity contribution in [3.8, 4) is 11.8 Å². The van der Waals surface area contributed by atoms with Crippen molar-refractivity contribution in [2.24, 2.45) is 11.0 Å². The van der Waals surface area contributed by atoms with Gasteiger partial charge in [-0.15, -0.1) is 11.3 Å². The number of nitrogens with zero attached hydrogens (tertiary/aromatic N) is 1. The number of nitrogens with one attached hydrogen (secondary N) is 1. The number of benzene rings is 1. The summed E-state index contributed by atoms with van der Waals surface area (Å²) in [4.78, 5) is 2.13. The van der Waals surface area contributed by atoms with Gasteiger partial charge < -0.3 is 0 Å². The van der Waals surface area contributed by atoms with Gasteiger partial charge >= 0.3 is 0 Å². The molecule has 0 atom stereocenters. The number of anilines is 1. The SMILES string of the molecule is C/C(=N\Nc1c(Cl)cc(Cl)cc1Cl)c1ccc(C#CCC2CCCCC2)s1. The lowest BCUT2D eigenvalue weighted by atomic mass is 9.87. The lowest BCUT2D eigenvalue weighted by Crippen LogP contribution is -2.04. The van der Waals surface area contributed by atoms with Crippen LogP contribution in [0.2, 0.25) is 15.1 Å². The molecule has 1 heterocycles. The van der Waals surface area contributed by atoms with Crippen LogP contribution in [0, 0.1) is 17.8 Å². The molecule has 2 aromatic rings. The minimum Gasteiger partial charge on any atom is -0.275 e. The Kier molecular flexibility index (Phi) is 7.49. The van der Waals surface area contributed by atoms with E-state index < -0.39 is 0 Å². The van der Waals surface area contributed by atoms with E-state index in [9.17, 15) is 0 Å². The minimum atomic E-state index is 0.435. The summed E-state index contributed by atoms with van der Waals surface area (Å²) in [5, 5.41) is 5.76. The first-order valence-corrected chi connectivity index (χ1v) is 11.0. The van der Waals surface area contributed by atoms with E-state index in [1.165, 1.54) is 32.1 Å². The highest BCUT2D eigenvalue weighted by molar-refractivity contribution is 7.14. The molecule has 0 saturated heterocycles. The third-order valence-electron chi connectivity index (χ3n) is 4.63. The molecule has 27 heavy (non-hydrogen) atoms. The summed E-state index contributed by atoms with van der Waals surface area (Å²) in [5.41, 5.74) is 4.33. The molecule has 1 saturated carbocycles. The van der Waals surface area contributed by atoms with Gasteiger partial charge in [0.1, 0.15) is 0 Å². The fourth-order valence-electron chi connectivity index (χ4n) is 3.12. The Morgan fingerprint density at radius 2 is 1.85 bits per heavy atom. The predicted octanol–water partition coefficient (Wildman–Crippen LogP) is 7.87. The Hall–Kier alpha value is -1.18. The van der Waals surface area contributed by atoms with E-state index in [0.29, 0.717) is 20.8 Å². The lowest BCUT2D eigenvalue weighted by molar-refractivity contribution is 0.365. The van der Waals surface area contributed by atoms with Gasteiger partial charge in [-0.25, -0.2) is 0 Å². The van der Waals surface area contributed by atoms with Gasteiger partial charge in [0, 0.05) is 11.4 Å². The molecule has 6 heteroatoms. The highest BCUT2D eigenvalue weighted by Crippen LogP contribution is 2.33. The maximum absolute atomic E-state index is 6.17. The van der Waals surface area contributed by atoms with Crippen LogP contribution in [0.1, 0.15) is 55.2 Å². The van der Waals surface area contributed by atoms with Gasteiger partial charge in [-0.3, -0.25) is 5.43 Å². The number of halogens is 3. The molecule has 142 valence electrons. The van der Waals surface area contributed by atoms with Gasteiger partial charge in [-0.05, 0) is 49.9 Å². The largest absolute Gasteiger partial charge is 0.275 e. The topological polar surface area (TPSA) is 24.4 Å². The van der Waals surface area contributed by atoms with Crippen LogP contribution in [-0.4, -0.2) is 5.71 Å². The zero-order valence-electron chi connectivity index (χ0n) is 15.1. The second-order valence-electron chi connectivity index (χ2n) is 6.73. The second-order valence-corrected chi connectivity index (χ2v) is 9.06. The third kappa shape index (κ3) is 5.90. The molecule has 0 amide bonds. The molecule has 1 aromatic heterocycles. The highest BCUT2D eigenvalue weighted by atomic mass is 35.5. The van der Waals surface area contributed by atoms with E-state index in [-0.39, 0.29) is 0 Å². The summed E-state index contributed by atoms with van der Waals surface area (Å²) >= 11 is 19.9. The van der Waals surface area contributed by atoms with Crippen LogP contribution in [-0.2, 0) is 0 Å². The minimum absolute atomic E-state index is 0.435. The van der Waals surface area contributed by atoms with E-state index in [1.807, 2.05) is 13.0 Å². The predicted molar refractivity (Wildman–Crippen MR) is 120 cm³/mol. The van der Waals surface area contributed by atoms with Gasteiger partial charge in [0.15, 0.2) is 0 Å². The average molecular weight is 440 g/mol. The summed E-state index contributed by atoms with van der Waals surface area (Å²) in [6.45, 7) is 1.94. The molecule has 0 radical (unpaired) electrons. The first-order chi connectivity index (χ1) is 13.0. The Balaban J connectivity index is 1.63. The first kappa shape index (κ1) is 20.6. The van der Waals surface area contributed by atoms with Gasteiger partial charge in [0.25, 0.3) is 0 Å². The zero-order valence-corrected chi connectivity index (χ0v) is 18.2. The molecule has 0 bridgehead atoms. The van der Waals surface area contributed by atoms with Crippen LogP contribution in [0.5, 0.6) is 0 Å². The maximum Gasteiger partial charge on any atom is 0.0935 e. The standard InChI is InChI=1S/C21H21Cl3N2S/c1-14(25-26-21-18(23)12-16(22)13-19(21)24)20-11-10-17(27-20)9-5-8-15-6-3-2-4-7-15/h10-13,15,26H,2-4,6-8H2,1H3/b25-14+. The summed E-state index contributed by atoms with van der Waals surface area (Å²) in [5.74, 6) is 7.45. The van der Waals surface area contributed by atoms with Crippen molar-refractivity contribution >= 4 is 57.5 Å². The molecule has 1 fully saturated rings. The van der Waals surface area contributed by atoms with Crippen molar-refractivity contribution in [3.63, 3.8) is 0 Å². The number of thiophene rings is 1. The molecule has 1 aromatic carbocycles. The van der Waals surface area contributed by atoms with Crippen LogP contribution in [0.25, 0.3) is 0 Å². The van der Waals surface area contributed by atoms with E-state index in [4.69, 9.17) is 34.8 Å². The van der Waals surface area contributed by atoms with Crippen molar-refractivity contribution in [2.45, 2.75) is 45.4 Å². The van der Waals surface area contributed by atoms with Crippen LogP contribution < -0.4 is 5.43 Å². The van der Waals surface area contributed by atoms with Crippen molar-refractivity contribution in [3.05, 3.63) is 49.1 Å². The molecule has 0 unspecified atom stereocenters.